The van der Waals surface area contributed by atoms with Gasteiger partial charge >= 0.3 is 0 Å². The molecule has 0 aliphatic carbocycles. The van der Waals surface area contributed by atoms with Gasteiger partial charge in [0.2, 0.25) is 0 Å². The average Bonchev–Trinajstić information content (AvgIpc) is 2.29. The second-order valence-electron chi connectivity index (χ2n) is 3.39. The molecular weight excluding hydrogens is 208 g/mol. The summed E-state index contributed by atoms with van der Waals surface area (Å²) < 4.78 is 25.5. The Morgan fingerprint density at radius 1 is 1.12 bits per heavy atom. The van der Waals surface area contributed by atoms with Gasteiger partial charge in [-0.3, -0.25) is 4.90 Å². The molecule has 0 bridgehead atoms. The largest absolute Gasteiger partial charge is 0.293 e. The van der Waals surface area contributed by atoms with Gasteiger partial charge in [0.05, 0.1) is 6.54 Å². The summed E-state index contributed by atoms with van der Waals surface area (Å²) in [7, 11) is 0. The van der Waals surface area contributed by atoms with Crippen molar-refractivity contribution in [3.63, 3.8) is 0 Å². The molecule has 0 spiro atoms. The lowest BCUT2D eigenvalue weighted by Gasteiger charge is -2.13. The van der Waals surface area contributed by atoms with Gasteiger partial charge in [-0.05, 0) is 31.3 Å². The number of halogens is 2. The zero-order chi connectivity index (χ0) is 12.0. The van der Waals surface area contributed by atoms with E-state index < -0.39 is 11.6 Å². The van der Waals surface area contributed by atoms with Crippen LogP contribution in [0.15, 0.2) is 18.2 Å². The molecule has 1 rings (SSSR count). The third-order valence-electron chi connectivity index (χ3n) is 2.35. The number of rotatable bonds is 3. The van der Waals surface area contributed by atoms with Gasteiger partial charge in [-0.1, -0.05) is 25.7 Å². The fraction of sp³-hybridized carbons (Fsp3) is 0.385. The molecule has 0 saturated carbocycles. The van der Waals surface area contributed by atoms with Crippen LogP contribution in [0.3, 0.4) is 0 Å². The molecule has 0 unspecified atom stereocenters. The fourth-order valence-electron chi connectivity index (χ4n) is 1.27. The van der Waals surface area contributed by atoms with Crippen molar-refractivity contribution in [3.05, 3.63) is 35.4 Å². The molecule has 0 aliphatic heterocycles. The van der Waals surface area contributed by atoms with E-state index in [1.165, 1.54) is 6.07 Å². The van der Waals surface area contributed by atoms with E-state index in [0.717, 1.165) is 25.2 Å². The van der Waals surface area contributed by atoms with Gasteiger partial charge in [-0.25, -0.2) is 8.78 Å². The van der Waals surface area contributed by atoms with Crippen LogP contribution in [0.2, 0.25) is 0 Å². The van der Waals surface area contributed by atoms with E-state index in [4.69, 9.17) is 0 Å². The minimum absolute atomic E-state index is 0.506. The summed E-state index contributed by atoms with van der Waals surface area (Å²) in [5, 5.41) is 0. The first-order valence-corrected chi connectivity index (χ1v) is 5.33. The van der Waals surface area contributed by atoms with Crippen molar-refractivity contribution < 1.29 is 8.78 Å². The van der Waals surface area contributed by atoms with E-state index >= 15 is 0 Å². The smallest absolute Gasteiger partial charge is 0.160 e. The first-order chi connectivity index (χ1) is 7.67. The Morgan fingerprint density at radius 2 is 1.81 bits per heavy atom. The van der Waals surface area contributed by atoms with Crippen molar-refractivity contribution in [2.24, 2.45) is 0 Å². The molecule has 0 amide bonds. The molecule has 1 aromatic rings. The molecule has 0 radical (unpaired) electrons. The van der Waals surface area contributed by atoms with Crippen molar-refractivity contribution >= 4 is 0 Å². The molecule has 1 aromatic carbocycles. The van der Waals surface area contributed by atoms with E-state index in [1.807, 2.05) is 0 Å². The van der Waals surface area contributed by atoms with E-state index in [9.17, 15) is 8.78 Å². The average molecular weight is 223 g/mol. The lowest BCUT2D eigenvalue weighted by atomic mass is 10.2. The van der Waals surface area contributed by atoms with Gasteiger partial charge < -0.3 is 0 Å². The summed E-state index contributed by atoms with van der Waals surface area (Å²) in [4.78, 5) is 2.15. The quantitative estimate of drug-likeness (QED) is 0.712. The zero-order valence-corrected chi connectivity index (χ0v) is 9.56. The number of nitrogens with zero attached hydrogens (tertiary/aromatic N) is 1. The third-order valence-corrected chi connectivity index (χ3v) is 2.35. The maximum Gasteiger partial charge on any atom is 0.160 e. The summed E-state index contributed by atoms with van der Waals surface area (Å²) >= 11 is 0. The van der Waals surface area contributed by atoms with E-state index in [0.29, 0.717) is 12.1 Å². The third kappa shape index (κ3) is 3.63. The maximum absolute atomic E-state index is 12.8. The van der Waals surface area contributed by atoms with Crippen LogP contribution >= 0.6 is 0 Å². The molecule has 1 nitrogen and oxygen atoms in total. The van der Waals surface area contributed by atoms with Gasteiger partial charge in [0.1, 0.15) is 0 Å². The lowest BCUT2D eigenvalue weighted by molar-refractivity contribution is 0.342. The number of hydrogen-bond donors (Lipinski definition) is 0. The molecule has 0 saturated heterocycles. The van der Waals surface area contributed by atoms with Crippen molar-refractivity contribution in [2.45, 2.75) is 13.8 Å². The molecule has 0 aromatic heterocycles. The summed E-state index contributed by atoms with van der Waals surface area (Å²) in [5.41, 5.74) is 0.506. The first kappa shape index (κ1) is 12.7. The Kier molecular flexibility index (Phi) is 4.94. The molecule has 0 atom stereocenters. The predicted octanol–water partition coefficient (Wildman–Crippen LogP) is 2.66. The molecule has 0 N–H and O–H groups in total. The fourth-order valence-corrected chi connectivity index (χ4v) is 1.27. The standard InChI is InChI=1S/C13H15F2N/c1-3-16(4-2)9-5-6-11-7-8-12(14)13(15)10-11/h7-8,10H,3-4,9H2,1-2H3. The Balaban J connectivity index is 2.66. The highest BCUT2D eigenvalue weighted by Gasteiger charge is 2.00. The Morgan fingerprint density at radius 3 is 2.38 bits per heavy atom. The predicted molar refractivity (Wildman–Crippen MR) is 61.0 cm³/mol. The van der Waals surface area contributed by atoms with Crippen LogP contribution in [-0.2, 0) is 0 Å². The first-order valence-electron chi connectivity index (χ1n) is 5.33. The minimum atomic E-state index is -0.852. The Bertz CT molecular complexity index is 400. The highest BCUT2D eigenvalue weighted by molar-refractivity contribution is 5.34. The minimum Gasteiger partial charge on any atom is -0.293 e. The van der Waals surface area contributed by atoms with Crippen LogP contribution in [0.1, 0.15) is 19.4 Å². The van der Waals surface area contributed by atoms with Crippen LogP contribution in [-0.4, -0.2) is 24.5 Å². The molecule has 0 aliphatic rings. The zero-order valence-electron chi connectivity index (χ0n) is 9.56. The highest BCUT2D eigenvalue weighted by Crippen LogP contribution is 2.07. The Hall–Kier alpha value is -1.40. The van der Waals surface area contributed by atoms with E-state index in [2.05, 4.69) is 30.6 Å². The van der Waals surface area contributed by atoms with Crippen molar-refractivity contribution in [1.29, 1.82) is 0 Å². The highest BCUT2D eigenvalue weighted by atomic mass is 19.2. The topological polar surface area (TPSA) is 3.24 Å². The van der Waals surface area contributed by atoms with Crippen molar-refractivity contribution in [2.75, 3.05) is 19.6 Å². The molecule has 3 heteroatoms. The van der Waals surface area contributed by atoms with E-state index in [-0.39, 0.29) is 0 Å². The normalized spacial score (nSPS) is 10.1. The van der Waals surface area contributed by atoms with E-state index in [1.54, 1.807) is 0 Å². The summed E-state index contributed by atoms with van der Waals surface area (Å²) in [5.74, 6) is 4.06. The van der Waals surface area contributed by atoms with Crippen LogP contribution in [0, 0.1) is 23.5 Å². The molecule has 0 fully saturated rings. The molecular formula is C13H15F2N. The Labute approximate surface area is 95.1 Å². The van der Waals surface area contributed by atoms with Gasteiger partial charge in [0.15, 0.2) is 11.6 Å². The summed E-state index contributed by atoms with van der Waals surface area (Å²) in [6.07, 6.45) is 0. The van der Waals surface area contributed by atoms with Gasteiger partial charge in [-0.15, -0.1) is 0 Å². The number of benzene rings is 1. The van der Waals surface area contributed by atoms with Crippen molar-refractivity contribution in [1.82, 2.24) is 4.90 Å². The van der Waals surface area contributed by atoms with Crippen LogP contribution in [0.25, 0.3) is 0 Å². The van der Waals surface area contributed by atoms with Crippen LogP contribution in [0.5, 0.6) is 0 Å². The van der Waals surface area contributed by atoms with Crippen molar-refractivity contribution in [3.8, 4) is 11.8 Å². The summed E-state index contributed by atoms with van der Waals surface area (Å²) in [6.45, 7) is 6.63. The molecule has 0 heterocycles. The lowest BCUT2D eigenvalue weighted by Crippen LogP contribution is -2.22. The molecule has 86 valence electrons. The monoisotopic (exact) mass is 223 g/mol. The second kappa shape index (κ2) is 6.24. The summed E-state index contributed by atoms with van der Waals surface area (Å²) in [6, 6.07) is 3.69. The van der Waals surface area contributed by atoms with Gasteiger partial charge in [0.25, 0.3) is 0 Å². The SMILES string of the molecule is CCN(CC)CC#Cc1ccc(F)c(F)c1. The number of hydrogen-bond acceptors (Lipinski definition) is 1. The second-order valence-corrected chi connectivity index (χ2v) is 3.39. The van der Waals surface area contributed by atoms with Gasteiger partial charge in [0, 0.05) is 5.56 Å². The maximum atomic E-state index is 12.8. The van der Waals surface area contributed by atoms with Crippen LogP contribution < -0.4 is 0 Å². The van der Waals surface area contributed by atoms with Gasteiger partial charge in [-0.2, -0.15) is 0 Å². The molecule has 16 heavy (non-hydrogen) atoms. The van der Waals surface area contributed by atoms with Crippen LogP contribution in [0.4, 0.5) is 8.78 Å².